The first-order chi connectivity index (χ1) is 22.3. The minimum Gasteiger partial charge on any atom is -0.497 e. The number of carbonyl (C=O) groups is 5. The second-order valence-corrected chi connectivity index (χ2v) is 13.6. The molecule has 1 aromatic rings. The molecule has 256 valence electrons. The number of carbonyl (C=O) groups excluding carboxylic acids is 5. The van der Waals surface area contributed by atoms with E-state index in [-0.39, 0.29) is 25.3 Å². The molecule has 2 aliphatic rings. The van der Waals surface area contributed by atoms with Gasteiger partial charge in [-0.25, -0.2) is 4.79 Å². The number of hydrogen-bond acceptors (Lipinski definition) is 6. The van der Waals surface area contributed by atoms with Gasteiger partial charge in [0.05, 0.1) is 13.2 Å². The molecule has 1 aromatic carbocycles. The number of methoxy groups -OCH3 is 1. The third kappa shape index (κ3) is 10.3. The molecular formula is C36H51N5O6. The van der Waals surface area contributed by atoms with Crippen LogP contribution in [0.4, 0.5) is 4.79 Å². The lowest BCUT2D eigenvalue weighted by Gasteiger charge is -2.40. The van der Waals surface area contributed by atoms with Crippen LogP contribution in [-0.4, -0.2) is 78.3 Å². The molecule has 5 amide bonds. The smallest absolute Gasteiger partial charge is 0.315 e. The van der Waals surface area contributed by atoms with E-state index in [4.69, 9.17) is 11.2 Å². The lowest BCUT2D eigenvalue weighted by atomic mass is 9.77. The molecule has 11 heteroatoms. The van der Waals surface area contributed by atoms with Crippen LogP contribution < -0.4 is 26.0 Å². The van der Waals surface area contributed by atoms with E-state index in [9.17, 15) is 24.0 Å². The molecule has 47 heavy (non-hydrogen) atoms. The van der Waals surface area contributed by atoms with Crippen molar-refractivity contribution in [3.63, 3.8) is 0 Å². The average molecular weight is 650 g/mol. The molecule has 0 spiro atoms. The molecule has 0 aromatic heterocycles. The molecular weight excluding hydrogens is 598 g/mol. The van der Waals surface area contributed by atoms with Gasteiger partial charge in [0.2, 0.25) is 17.6 Å². The fourth-order valence-electron chi connectivity index (χ4n) is 6.45. The number of Topliss-reactive ketones (excluding diaryl/α,β-unsaturated/α-hetero) is 1. The summed E-state index contributed by atoms with van der Waals surface area (Å²) in [5.41, 5.74) is -0.106. The summed E-state index contributed by atoms with van der Waals surface area (Å²) in [6, 6.07) is 4.45. The molecule has 1 heterocycles. The normalized spacial score (nSPS) is 18.5. The van der Waals surface area contributed by atoms with Gasteiger partial charge in [-0.05, 0) is 61.6 Å². The van der Waals surface area contributed by atoms with Crippen molar-refractivity contribution in [1.29, 1.82) is 0 Å². The molecule has 1 aliphatic heterocycles. The number of likely N-dealkylation sites (tertiary alicyclic amines) is 1. The summed E-state index contributed by atoms with van der Waals surface area (Å²) in [5.74, 6) is 0.598. The topological polar surface area (TPSA) is 146 Å². The van der Waals surface area contributed by atoms with E-state index in [0.717, 1.165) is 43.4 Å². The van der Waals surface area contributed by atoms with Crippen molar-refractivity contribution in [2.75, 3.05) is 20.2 Å². The maximum absolute atomic E-state index is 14.1. The summed E-state index contributed by atoms with van der Waals surface area (Å²) < 4.78 is 5.41. The Kier molecular flexibility index (Phi) is 13.4. The Bertz CT molecular complexity index is 1340. The number of amides is 5. The first kappa shape index (κ1) is 37.1. The Morgan fingerprint density at radius 1 is 1.13 bits per heavy atom. The van der Waals surface area contributed by atoms with Crippen LogP contribution in [0, 0.1) is 17.8 Å². The largest absolute Gasteiger partial charge is 0.497 e. The van der Waals surface area contributed by atoms with Crippen LogP contribution in [0.15, 0.2) is 36.9 Å². The van der Waals surface area contributed by atoms with E-state index in [2.05, 4.69) is 33.8 Å². The average Bonchev–Trinajstić information content (AvgIpc) is 3.54. The van der Waals surface area contributed by atoms with Gasteiger partial charge in [0, 0.05) is 25.0 Å². The summed E-state index contributed by atoms with van der Waals surface area (Å²) >= 11 is 0. The Morgan fingerprint density at radius 2 is 1.85 bits per heavy atom. The Morgan fingerprint density at radius 3 is 2.49 bits per heavy atom. The first-order valence-corrected chi connectivity index (χ1v) is 16.5. The molecule has 1 aliphatic carbocycles. The van der Waals surface area contributed by atoms with E-state index in [1.165, 1.54) is 11.0 Å². The quantitative estimate of drug-likeness (QED) is 0.138. The second kappa shape index (κ2) is 17.0. The fourth-order valence-corrected chi connectivity index (χ4v) is 6.45. The number of ketones is 1. The Labute approximate surface area is 279 Å². The van der Waals surface area contributed by atoms with Crippen molar-refractivity contribution in [3.05, 3.63) is 42.5 Å². The zero-order valence-corrected chi connectivity index (χ0v) is 28.3. The van der Waals surface area contributed by atoms with Gasteiger partial charge in [-0.2, -0.15) is 0 Å². The van der Waals surface area contributed by atoms with Gasteiger partial charge in [0.15, 0.2) is 0 Å². The number of hydrogen-bond donors (Lipinski definition) is 4. The summed E-state index contributed by atoms with van der Waals surface area (Å²) in [7, 11) is 1.63. The summed E-state index contributed by atoms with van der Waals surface area (Å²) in [6.45, 7) is 9.53. The predicted octanol–water partition coefficient (Wildman–Crippen LogP) is 3.42. The van der Waals surface area contributed by atoms with Crippen LogP contribution >= 0.6 is 0 Å². The number of rotatable bonds is 14. The summed E-state index contributed by atoms with van der Waals surface area (Å²) in [5, 5.41) is 11.3. The summed E-state index contributed by atoms with van der Waals surface area (Å²) in [4.78, 5) is 68.0. The number of nitrogens with one attached hydrogen (secondary N) is 4. The van der Waals surface area contributed by atoms with Gasteiger partial charge in [0.25, 0.3) is 5.91 Å². The lowest BCUT2D eigenvalue weighted by molar-refractivity contribution is -0.143. The van der Waals surface area contributed by atoms with E-state index in [1.54, 1.807) is 7.11 Å². The van der Waals surface area contributed by atoms with E-state index in [1.807, 2.05) is 45.0 Å². The van der Waals surface area contributed by atoms with Gasteiger partial charge in [-0.3, -0.25) is 19.2 Å². The molecule has 0 radical (unpaired) electrons. The van der Waals surface area contributed by atoms with Gasteiger partial charge < -0.3 is 30.9 Å². The monoisotopic (exact) mass is 649 g/mol. The van der Waals surface area contributed by atoms with Gasteiger partial charge in [0.1, 0.15) is 17.8 Å². The highest BCUT2D eigenvalue weighted by Gasteiger charge is 2.43. The molecule has 11 nitrogen and oxygen atoms in total. The molecule has 4 N–H and O–H groups in total. The number of benzene rings is 1. The van der Waals surface area contributed by atoms with Crippen molar-refractivity contribution in [2.24, 2.45) is 5.41 Å². The van der Waals surface area contributed by atoms with Crippen LogP contribution in [0.1, 0.15) is 84.1 Å². The zero-order chi connectivity index (χ0) is 34.6. The molecule has 1 saturated heterocycles. The zero-order valence-electron chi connectivity index (χ0n) is 28.3. The molecule has 2 fully saturated rings. The molecule has 3 unspecified atom stereocenters. The second-order valence-electron chi connectivity index (χ2n) is 13.6. The maximum Gasteiger partial charge on any atom is 0.315 e. The van der Waals surface area contributed by atoms with Crippen LogP contribution in [0.2, 0.25) is 0 Å². The fraction of sp³-hybridized carbons (Fsp3) is 0.583. The van der Waals surface area contributed by atoms with Crippen molar-refractivity contribution in [3.8, 4) is 18.1 Å². The molecule has 3 rings (SSSR count). The van der Waals surface area contributed by atoms with Crippen molar-refractivity contribution >= 4 is 29.5 Å². The minimum absolute atomic E-state index is 0.0765. The standard InChI is InChI=1S/C36H51N5O6/c1-7-9-17-27(29(42)32(44)37-21-8-2)38-31(43)28-18-14-22-41(28)33(45)30(35(3,4)5)39-34(46)40-36(19-11-10-12-20-36)24-25-15-13-16-26(23-25)47-6/h1,8,13,15-16,23,27-28,30H,2,9-12,14,17-22,24H2,3-6H3,(H,37,44)(H,38,43)(H2,39,40,46). The van der Waals surface area contributed by atoms with Gasteiger partial charge in [-0.15, -0.1) is 18.9 Å². The number of terminal acetylenes is 1. The predicted molar refractivity (Wildman–Crippen MR) is 180 cm³/mol. The van der Waals surface area contributed by atoms with Crippen LogP contribution in [-0.2, 0) is 25.6 Å². The number of ether oxygens (including phenoxy) is 1. The van der Waals surface area contributed by atoms with E-state index in [0.29, 0.717) is 25.8 Å². The third-order valence-electron chi connectivity index (χ3n) is 8.93. The lowest BCUT2D eigenvalue weighted by Crippen LogP contribution is -2.62. The third-order valence-corrected chi connectivity index (χ3v) is 8.93. The highest BCUT2D eigenvalue weighted by molar-refractivity contribution is 6.38. The van der Waals surface area contributed by atoms with Gasteiger partial charge >= 0.3 is 6.03 Å². The highest BCUT2D eigenvalue weighted by atomic mass is 16.5. The number of nitrogens with zero attached hydrogens (tertiary/aromatic N) is 1. The van der Waals surface area contributed by atoms with Crippen LogP contribution in [0.25, 0.3) is 0 Å². The Hall–Kier alpha value is -4.33. The maximum atomic E-state index is 14.1. The van der Waals surface area contributed by atoms with Crippen molar-refractivity contribution in [2.45, 2.75) is 109 Å². The SMILES string of the molecule is C#CCCC(NC(=O)C1CCCN1C(=O)C(NC(=O)NC1(Cc2cccc(OC)c2)CCCCC1)C(C)(C)C)C(=O)C(=O)NCC=C. The highest BCUT2D eigenvalue weighted by Crippen LogP contribution is 2.33. The van der Waals surface area contributed by atoms with E-state index >= 15 is 0 Å². The molecule has 1 saturated carbocycles. The molecule has 0 bridgehead atoms. The van der Waals surface area contributed by atoms with Crippen LogP contribution in [0.5, 0.6) is 5.75 Å². The minimum atomic E-state index is -1.14. The molecule has 3 atom stereocenters. The van der Waals surface area contributed by atoms with Gasteiger partial charge in [-0.1, -0.05) is 58.2 Å². The first-order valence-electron chi connectivity index (χ1n) is 16.5. The van der Waals surface area contributed by atoms with Crippen molar-refractivity contribution in [1.82, 2.24) is 26.2 Å². The summed E-state index contributed by atoms with van der Waals surface area (Å²) in [6.07, 6.45) is 13.3. The van der Waals surface area contributed by atoms with E-state index < -0.39 is 52.7 Å². The Balaban J connectivity index is 1.76. The van der Waals surface area contributed by atoms with Crippen molar-refractivity contribution < 1.29 is 28.7 Å². The van der Waals surface area contributed by atoms with Crippen LogP contribution in [0.3, 0.4) is 0 Å². The number of urea groups is 1.